The summed E-state index contributed by atoms with van der Waals surface area (Å²) in [6, 6.07) is 5.15. The van der Waals surface area contributed by atoms with Gasteiger partial charge in [-0.2, -0.15) is 5.10 Å². The Kier molecular flexibility index (Phi) is 4.71. The molecule has 0 saturated carbocycles. The quantitative estimate of drug-likeness (QED) is 0.914. The SMILES string of the molecule is CC(NCCc1cnn(C)c1)c1ccc(Br)cc1F. The number of aryl methyl sites for hydroxylation is 1. The molecule has 0 radical (unpaired) electrons. The molecule has 1 aromatic carbocycles. The highest BCUT2D eigenvalue weighted by Gasteiger charge is 2.10. The molecule has 0 aliphatic carbocycles. The smallest absolute Gasteiger partial charge is 0.129 e. The normalized spacial score (nSPS) is 12.6. The van der Waals surface area contributed by atoms with Crippen molar-refractivity contribution in [1.82, 2.24) is 15.1 Å². The van der Waals surface area contributed by atoms with Gasteiger partial charge in [-0.3, -0.25) is 4.68 Å². The third kappa shape index (κ3) is 3.88. The van der Waals surface area contributed by atoms with Crippen molar-refractivity contribution >= 4 is 15.9 Å². The molecule has 0 amide bonds. The maximum Gasteiger partial charge on any atom is 0.129 e. The molecule has 0 fully saturated rings. The molecule has 0 aliphatic heterocycles. The predicted molar refractivity (Wildman–Crippen MR) is 77.4 cm³/mol. The average Bonchev–Trinajstić information content (AvgIpc) is 2.75. The van der Waals surface area contributed by atoms with Crippen LogP contribution >= 0.6 is 15.9 Å². The van der Waals surface area contributed by atoms with E-state index in [1.165, 1.54) is 11.6 Å². The lowest BCUT2D eigenvalue weighted by Crippen LogP contribution is -2.22. The summed E-state index contributed by atoms with van der Waals surface area (Å²) in [5, 5.41) is 7.44. The summed E-state index contributed by atoms with van der Waals surface area (Å²) in [5.74, 6) is -0.184. The molecule has 19 heavy (non-hydrogen) atoms. The largest absolute Gasteiger partial charge is 0.310 e. The summed E-state index contributed by atoms with van der Waals surface area (Å²) in [4.78, 5) is 0. The van der Waals surface area contributed by atoms with E-state index in [4.69, 9.17) is 0 Å². The van der Waals surface area contributed by atoms with E-state index >= 15 is 0 Å². The van der Waals surface area contributed by atoms with Crippen LogP contribution in [0.2, 0.25) is 0 Å². The van der Waals surface area contributed by atoms with Gasteiger partial charge in [-0.15, -0.1) is 0 Å². The number of aromatic nitrogens is 2. The Morgan fingerprint density at radius 2 is 2.26 bits per heavy atom. The van der Waals surface area contributed by atoms with Crippen LogP contribution in [0.3, 0.4) is 0 Å². The lowest BCUT2D eigenvalue weighted by atomic mass is 10.1. The highest BCUT2D eigenvalue weighted by Crippen LogP contribution is 2.20. The predicted octanol–water partition coefficient (Wildman–Crippen LogP) is 3.22. The van der Waals surface area contributed by atoms with Crippen LogP contribution in [0.15, 0.2) is 35.1 Å². The first-order valence-corrected chi connectivity index (χ1v) is 7.01. The van der Waals surface area contributed by atoms with Crippen LogP contribution in [-0.4, -0.2) is 16.3 Å². The molecular weight excluding hydrogens is 309 g/mol. The van der Waals surface area contributed by atoms with Crippen molar-refractivity contribution in [3.8, 4) is 0 Å². The summed E-state index contributed by atoms with van der Waals surface area (Å²) in [5.41, 5.74) is 1.87. The number of benzene rings is 1. The van der Waals surface area contributed by atoms with Crippen LogP contribution in [0, 0.1) is 5.82 Å². The van der Waals surface area contributed by atoms with Crippen molar-refractivity contribution in [3.63, 3.8) is 0 Å². The van der Waals surface area contributed by atoms with E-state index < -0.39 is 0 Å². The minimum Gasteiger partial charge on any atom is -0.310 e. The Bertz CT molecular complexity index is 553. The molecule has 1 N–H and O–H groups in total. The van der Waals surface area contributed by atoms with Crippen molar-refractivity contribution in [2.24, 2.45) is 7.05 Å². The van der Waals surface area contributed by atoms with Crippen molar-refractivity contribution < 1.29 is 4.39 Å². The van der Waals surface area contributed by atoms with Crippen molar-refractivity contribution in [1.29, 1.82) is 0 Å². The second kappa shape index (κ2) is 6.30. The maximum atomic E-state index is 13.8. The van der Waals surface area contributed by atoms with Crippen molar-refractivity contribution in [2.45, 2.75) is 19.4 Å². The van der Waals surface area contributed by atoms with Gasteiger partial charge in [-0.05, 0) is 37.6 Å². The Labute approximate surface area is 121 Å². The molecular formula is C14H17BrFN3. The van der Waals surface area contributed by atoms with Gasteiger partial charge in [0.05, 0.1) is 6.20 Å². The summed E-state index contributed by atoms with van der Waals surface area (Å²) in [6.07, 6.45) is 4.73. The summed E-state index contributed by atoms with van der Waals surface area (Å²) in [7, 11) is 1.90. The first-order valence-electron chi connectivity index (χ1n) is 6.22. The Morgan fingerprint density at radius 1 is 1.47 bits per heavy atom. The lowest BCUT2D eigenvalue weighted by molar-refractivity contribution is 0.530. The fourth-order valence-electron chi connectivity index (χ4n) is 2.00. The van der Waals surface area contributed by atoms with Crippen molar-refractivity contribution in [2.75, 3.05) is 6.54 Å². The van der Waals surface area contributed by atoms with E-state index in [0.717, 1.165) is 17.4 Å². The van der Waals surface area contributed by atoms with E-state index in [9.17, 15) is 4.39 Å². The lowest BCUT2D eigenvalue weighted by Gasteiger charge is -2.15. The van der Waals surface area contributed by atoms with Crippen LogP contribution in [0.4, 0.5) is 4.39 Å². The van der Waals surface area contributed by atoms with E-state index in [0.29, 0.717) is 5.56 Å². The molecule has 1 atom stereocenters. The third-order valence-electron chi connectivity index (χ3n) is 3.05. The summed E-state index contributed by atoms with van der Waals surface area (Å²) >= 11 is 3.26. The second-order valence-electron chi connectivity index (χ2n) is 4.61. The number of halogens is 2. The minimum absolute atomic E-state index is 0.00947. The van der Waals surface area contributed by atoms with Gasteiger partial charge in [0.1, 0.15) is 5.82 Å². The van der Waals surface area contributed by atoms with Crippen LogP contribution in [0.5, 0.6) is 0 Å². The van der Waals surface area contributed by atoms with Crippen LogP contribution < -0.4 is 5.32 Å². The molecule has 0 saturated heterocycles. The van der Waals surface area contributed by atoms with E-state index in [2.05, 4.69) is 26.3 Å². The molecule has 0 bridgehead atoms. The molecule has 1 aromatic heterocycles. The zero-order valence-electron chi connectivity index (χ0n) is 11.0. The zero-order chi connectivity index (χ0) is 13.8. The van der Waals surface area contributed by atoms with Crippen molar-refractivity contribution in [3.05, 3.63) is 52.0 Å². The van der Waals surface area contributed by atoms with Gasteiger partial charge >= 0.3 is 0 Å². The number of nitrogens with one attached hydrogen (secondary N) is 1. The number of hydrogen-bond acceptors (Lipinski definition) is 2. The molecule has 3 nitrogen and oxygen atoms in total. The van der Waals surface area contributed by atoms with Gasteiger partial charge < -0.3 is 5.32 Å². The molecule has 2 rings (SSSR count). The van der Waals surface area contributed by atoms with Gasteiger partial charge in [-0.1, -0.05) is 22.0 Å². The Balaban J connectivity index is 1.88. The molecule has 1 heterocycles. The molecule has 1 unspecified atom stereocenters. The third-order valence-corrected chi connectivity index (χ3v) is 3.54. The van der Waals surface area contributed by atoms with Crippen LogP contribution in [-0.2, 0) is 13.5 Å². The van der Waals surface area contributed by atoms with E-state index in [1.807, 2.05) is 32.4 Å². The van der Waals surface area contributed by atoms with Crippen LogP contribution in [0.25, 0.3) is 0 Å². The van der Waals surface area contributed by atoms with Crippen LogP contribution in [0.1, 0.15) is 24.1 Å². The Hall–Kier alpha value is -1.20. The van der Waals surface area contributed by atoms with Gasteiger partial charge in [0.15, 0.2) is 0 Å². The monoisotopic (exact) mass is 325 g/mol. The fourth-order valence-corrected chi connectivity index (χ4v) is 2.33. The van der Waals surface area contributed by atoms with Gasteiger partial charge in [0.2, 0.25) is 0 Å². The molecule has 0 aliphatic rings. The number of hydrogen-bond donors (Lipinski definition) is 1. The highest BCUT2D eigenvalue weighted by atomic mass is 79.9. The van der Waals surface area contributed by atoms with E-state index in [1.54, 1.807) is 10.7 Å². The number of nitrogens with zero attached hydrogens (tertiary/aromatic N) is 2. The standard InChI is InChI=1S/C14H17BrFN3/c1-10(13-4-3-12(15)7-14(13)16)17-6-5-11-8-18-19(2)9-11/h3-4,7-10,17H,5-6H2,1-2H3. The molecule has 0 spiro atoms. The van der Waals surface area contributed by atoms with Gasteiger partial charge in [-0.25, -0.2) is 4.39 Å². The topological polar surface area (TPSA) is 29.9 Å². The summed E-state index contributed by atoms with van der Waals surface area (Å²) in [6.45, 7) is 2.76. The Morgan fingerprint density at radius 3 is 2.89 bits per heavy atom. The van der Waals surface area contributed by atoms with E-state index in [-0.39, 0.29) is 11.9 Å². The zero-order valence-corrected chi connectivity index (χ0v) is 12.6. The minimum atomic E-state index is -0.184. The fraction of sp³-hybridized carbons (Fsp3) is 0.357. The molecule has 102 valence electrons. The number of rotatable bonds is 5. The summed E-state index contributed by atoms with van der Waals surface area (Å²) < 4.78 is 16.3. The highest BCUT2D eigenvalue weighted by molar-refractivity contribution is 9.10. The first-order chi connectivity index (χ1) is 9.06. The first kappa shape index (κ1) is 14.2. The maximum absolute atomic E-state index is 13.8. The second-order valence-corrected chi connectivity index (χ2v) is 5.53. The molecule has 5 heteroatoms. The molecule has 2 aromatic rings. The average molecular weight is 326 g/mol. The van der Waals surface area contributed by atoms with Gasteiger partial charge in [0.25, 0.3) is 0 Å². The van der Waals surface area contributed by atoms with Gasteiger partial charge in [0, 0.05) is 29.3 Å².